The van der Waals surface area contributed by atoms with E-state index >= 15 is 0 Å². The highest BCUT2D eigenvalue weighted by Gasteiger charge is 2.12. The quantitative estimate of drug-likeness (QED) is 0.836. The zero-order valence-electron chi connectivity index (χ0n) is 11.2. The van der Waals surface area contributed by atoms with Crippen LogP contribution in [0.2, 0.25) is 0 Å². The number of rotatable bonds is 2. The third-order valence-corrected chi connectivity index (χ3v) is 4.25. The molecule has 1 aliphatic heterocycles. The maximum atomic E-state index is 5.41. The maximum absolute atomic E-state index is 5.41. The van der Waals surface area contributed by atoms with Crippen molar-refractivity contribution in [3.8, 4) is 0 Å². The molecule has 0 spiro atoms. The first kappa shape index (κ1) is 13.1. The van der Waals surface area contributed by atoms with Gasteiger partial charge in [0, 0.05) is 24.1 Å². The number of hydrogen-bond donors (Lipinski definition) is 0. The zero-order valence-corrected chi connectivity index (χ0v) is 12.7. The SMILES string of the molecule is Cc1cc2ccc(Br)cc2cc1CN1CCOCC1. The molecule has 0 radical (unpaired) electrons. The van der Waals surface area contributed by atoms with Gasteiger partial charge in [-0.2, -0.15) is 0 Å². The summed E-state index contributed by atoms with van der Waals surface area (Å²) in [4.78, 5) is 2.47. The molecule has 0 amide bonds. The Hall–Kier alpha value is -0.900. The number of aryl methyl sites for hydroxylation is 1. The van der Waals surface area contributed by atoms with Gasteiger partial charge in [-0.15, -0.1) is 0 Å². The van der Waals surface area contributed by atoms with Crippen LogP contribution in [0, 0.1) is 6.92 Å². The second-order valence-corrected chi connectivity index (χ2v) is 6.07. The molecule has 19 heavy (non-hydrogen) atoms. The second kappa shape index (κ2) is 5.61. The lowest BCUT2D eigenvalue weighted by atomic mass is 10.0. The molecule has 0 N–H and O–H groups in total. The monoisotopic (exact) mass is 319 g/mol. The number of halogens is 1. The molecule has 2 aromatic rings. The molecule has 3 heteroatoms. The van der Waals surface area contributed by atoms with Gasteiger partial charge in [0.2, 0.25) is 0 Å². The van der Waals surface area contributed by atoms with E-state index in [-0.39, 0.29) is 0 Å². The molecular formula is C16H18BrNO. The highest BCUT2D eigenvalue weighted by molar-refractivity contribution is 9.10. The van der Waals surface area contributed by atoms with E-state index in [0.717, 1.165) is 37.3 Å². The molecule has 0 bridgehead atoms. The summed E-state index contributed by atoms with van der Waals surface area (Å²) in [5, 5.41) is 2.62. The van der Waals surface area contributed by atoms with Crippen molar-refractivity contribution >= 4 is 26.7 Å². The summed E-state index contributed by atoms with van der Waals surface area (Å²) in [6.07, 6.45) is 0. The molecule has 0 aromatic heterocycles. The first-order valence-corrected chi connectivity index (χ1v) is 7.50. The summed E-state index contributed by atoms with van der Waals surface area (Å²) in [7, 11) is 0. The molecule has 0 unspecified atom stereocenters. The lowest BCUT2D eigenvalue weighted by Crippen LogP contribution is -2.35. The molecule has 3 rings (SSSR count). The molecular weight excluding hydrogens is 302 g/mol. The van der Waals surface area contributed by atoms with Crippen molar-refractivity contribution in [1.29, 1.82) is 0 Å². The van der Waals surface area contributed by atoms with Crippen LogP contribution < -0.4 is 0 Å². The highest BCUT2D eigenvalue weighted by atomic mass is 79.9. The van der Waals surface area contributed by atoms with Crippen molar-refractivity contribution in [1.82, 2.24) is 4.90 Å². The predicted molar refractivity (Wildman–Crippen MR) is 82.5 cm³/mol. The van der Waals surface area contributed by atoms with E-state index in [0.29, 0.717) is 0 Å². The topological polar surface area (TPSA) is 12.5 Å². The lowest BCUT2D eigenvalue weighted by Gasteiger charge is -2.27. The van der Waals surface area contributed by atoms with Crippen LogP contribution in [0.1, 0.15) is 11.1 Å². The summed E-state index contributed by atoms with van der Waals surface area (Å²) < 4.78 is 6.55. The van der Waals surface area contributed by atoms with Gasteiger partial charge >= 0.3 is 0 Å². The van der Waals surface area contributed by atoms with Gasteiger partial charge in [-0.25, -0.2) is 0 Å². The Kier molecular flexibility index (Phi) is 3.87. The van der Waals surface area contributed by atoms with Crippen LogP contribution in [0.4, 0.5) is 0 Å². The summed E-state index contributed by atoms with van der Waals surface area (Å²) in [6.45, 7) is 7.02. The minimum Gasteiger partial charge on any atom is -0.379 e. The number of morpholine rings is 1. The minimum absolute atomic E-state index is 0.859. The number of benzene rings is 2. The van der Waals surface area contributed by atoms with Gasteiger partial charge in [0.15, 0.2) is 0 Å². The summed E-state index contributed by atoms with van der Waals surface area (Å²) in [5.74, 6) is 0. The van der Waals surface area contributed by atoms with E-state index in [1.54, 1.807) is 0 Å². The number of fused-ring (bicyclic) bond motifs is 1. The van der Waals surface area contributed by atoms with Gasteiger partial charge in [0.25, 0.3) is 0 Å². The molecule has 0 atom stereocenters. The van der Waals surface area contributed by atoms with Crippen molar-refractivity contribution < 1.29 is 4.74 Å². The molecule has 1 fully saturated rings. The predicted octanol–water partition coefficient (Wildman–Crippen LogP) is 3.74. The van der Waals surface area contributed by atoms with E-state index in [1.807, 2.05) is 0 Å². The van der Waals surface area contributed by atoms with Gasteiger partial charge in [-0.1, -0.05) is 28.1 Å². The standard InChI is InChI=1S/C16H18BrNO/c1-12-8-13-2-3-16(17)10-14(13)9-15(12)11-18-4-6-19-7-5-18/h2-3,8-10H,4-7,11H2,1H3. The summed E-state index contributed by atoms with van der Waals surface area (Å²) in [5.41, 5.74) is 2.80. The third-order valence-electron chi connectivity index (χ3n) is 3.75. The van der Waals surface area contributed by atoms with E-state index in [4.69, 9.17) is 4.74 Å². The fourth-order valence-electron chi connectivity index (χ4n) is 2.60. The fourth-order valence-corrected chi connectivity index (χ4v) is 2.98. The first-order chi connectivity index (χ1) is 9.22. The Balaban J connectivity index is 1.91. The average Bonchev–Trinajstić information content (AvgIpc) is 2.41. The van der Waals surface area contributed by atoms with Crippen LogP contribution >= 0.6 is 15.9 Å². The smallest absolute Gasteiger partial charge is 0.0594 e. The molecule has 100 valence electrons. The molecule has 1 aliphatic rings. The van der Waals surface area contributed by atoms with E-state index < -0.39 is 0 Å². The highest BCUT2D eigenvalue weighted by Crippen LogP contribution is 2.24. The van der Waals surface area contributed by atoms with E-state index in [9.17, 15) is 0 Å². The van der Waals surface area contributed by atoms with Gasteiger partial charge < -0.3 is 4.74 Å². The summed E-state index contributed by atoms with van der Waals surface area (Å²) in [6, 6.07) is 11.1. The number of nitrogens with zero attached hydrogens (tertiary/aromatic N) is 1. The lowest BCUT2D eigenvalue weighted by molar-refractivity contribution is 0.0341. The van der Waals surface area contributed by atoms with Crippen molar-refractivity contribution in [3.63, 3.8) is 0 Å². The zero-order chi connectivity index (χ0) is 13.2. The Morgan fingerprint density at radius 2 is 1.89 bits per heavy atom. The van der Waals surface area contributed by atoms with E-state index in [1.165, 1.54) is 21.9 Å². The van der Waals surface area contributed by atoms with Gasteiger partial charge in [0.05, 0.1) is 13.2 Å². The van der Waals surface area contributed by atoms with Crippen LogP contribution in [0.3, 0.4) is 0 Å². The van der Waals surface area contributed by atoms with Crippen LogP contribution in [-0.2, 0) is 11.3 Å². The molecule has 1 saturated heterocycles. The molecule has 0 aliphatic carbocycles. The average molecular weight is 320 g/mol. The molecule has 0 saturated carbocycles. The van der Waals surface area contributed by atoms with Crippen LogP contribution in [0.5, 0.6) is 0 Å². The second-order valence-electron chi connectivity index (χ2n) is 5.16. The number of ether oxygens (including phenoxy) is 1. The maximum Gasteiger partial charge on any atom is 0.0594 e. The molecule has 1 heterocycles. The fraction of sp³-hybridized carbons (Fsp3) is 0.375. The van der Waals surface area contributed by atoms with Crippen molar-refractivity contribution in [3.05, 3.63) is 45.9 Å². The van der Waals surface area contributed by atoms with Crippen LogP contribution in [0.25, 0.3) is 10.8 Å². The van der Waals surface area contributed by atoms with Crippen LogP contribution in [0.15, 0.2) is 34.8 Å². The van der Waals surface area contributed by atoms with Gasteiger partial charge in [0.1, 0.15) is 0 Å². The first-order valence-electron chi connectivity index (χ1n) is 6.71. The molecule has 2 nitrogen and oxygen atoms in total. The molecule has 2 aromatic carbocycles. The Labute approximate surface area is 122 Å². The summed E-state index contributed by atoms with van der Waals surface area (Å²) >= 11 is 3.55. The third kappa shape index (κ3) is 2.99. The van der Waals surface area contributed by atoms with Crippen LogP contribution in [-0.4, -0.2) is 31.2 Å². The normalized spacial score (nSPS) is 16.9. The Bertz CT molecular complexity index is 591. The number of hydrogen-bond acceptors (Lipinski definition) is 2. The van der Waals surface area contributed by atoms with E-state index in [2.05, 4.69) is 58.1 Å². The van der Waals surface area contributed by atoms with Gasteiger partial charge in [-0.3, -0.25) is 4.90 Å². The Morgan fingerprint density at radius 3 is 2.68 bits per heavy atom. The largest absolute Gasteiger partial charge is 0.379 e. The van der Waals surface area contributed by atoms with Crippen molar-refractivity contribution in [2.45, 2.75) is 13.5 Å². The minimum atomic E-state index is 0.859. The van der Waals surface area contributed by atoms with Gasteiger partial charge in [-0.05, 0) is 47.0 Å². The Morgan fingerprint density at radius 1 is 1.11 bits per heavy atom. The van der Waals surface area contributed by atoms with Crippen molar-refractivity contribution in [2.75, 3.05) is 26.3 Å². The van der Waals surface area contributed by atoms with Crippen molar-refractivity contribution in [2.24, 2.45) is 0 Å².